The van der Waals surface area contributed by atoms with Gasteiger partial charge < -0.3 is 4.57 Å². The Morgan fingerprint density at radius 1 is 0.676 bits per heavy atom. The third-order valence-electron chi connectivity index (χ3n) is 5.93. The molecule has 0 bridgehead atoms. The van der Waals surface area contributed by atoms with E-state index in [2.05, 4.69) is 85.7 Å². The molecule has 0 radical (unpaired) electrons. The summed E-state index contributed by atoms with van der Waals surface area (Å²) in [7, 11) is 0. The van der Waals surface area contributed by atoms with E-state index in [0.29, 0.717) is 6.54 Å². The summed E-state index contributed by atoms with van der Waals surface area (Å²) in [5, 5.41) is 0. The Morgan fingerprint density at radius 3 is 1.85 bits per heavy atom. The van der Waals surface area contributed by atoms with Crippen LogP contribution in [-0.4, -0.2) is 34.5 Å². The molecular weight excluding hydrogens is 442 g/mol. The second-order valence-corrected chi connectivity index (χ2v) is 13.8. The normalized spacial score (nSPS) is 13.9. The van der Waals surface area contributed by atoms with Gasteiger partial charge in [-0.3, -0.25) is 0 Å². The fraction of sp³-hybridized carbons (Fsp3) is 0.615. The highest BCUT2D eigenvalue weighted by atomic mass is 32.1. The second kappa shape index (κ2) is 7.77. The smallest absolute Gasteiger partial charge is 0.181 e. The molecule has 4 rings (SSSR count). The van der Waals surface area contributed by atoms with Crippen molar-refractivity contribution in [2.75, 3.05) is 0 Å². The minimum atomic E-state index is -0.358. The van der Waals surface area contributed by atoms with Gasteiger partial charge in [0.05, 0.1) is 27.9 Å². The van der Waals surface area contributed by atoms with Crippen molar-refractivity contribution in [2.45, 2.75) is 104 Å². The van der Waals surface area contributed by atoms with Crippen LogP contribution in [0.1, 0.15) is 99.2 Å². The topological polar surface area (TPSA) is 82.3 Å². The second-order valence-electron chi connectivity index (χ2n) is 13.0. The molecule has 7 nitrogen and oxygen atoms in total. The van der Waals surface area contributed by atoms with E-state index in [1.807, 2.05) is 11.8 Å². The number of aromatic nitrogens is 7. The van der Waals surface area contributed by atoms with Gasteiger partial charge >= 0.3 is 0 Å². The van der Waals surface area contributed by atoms with Crippen molar-refractivity contribution in [3.05, 3.63) is 34.9 Å². The van der Waals surface area contributed by atoms with E-state index < -0.39 is 0 Å². The molecule has 8 heteroatoms. The molecule has 0 spiro atoms. The summed E-state index contributed by atoms with van der Waals surface area (Å²) in [6, 6.07) is 0. The summed E-state index contributed by atoms with van der Waals surface area (Å²) in [4.78, 5) is 29.1. The predicted octanol–water partition coefficient (Wildman–Crippen LogP) is 6.10. The molecule has 182 valence electrons. The van der Waals surface area contributed by atoms with Crippen molar-refractivity contribution < 1.29 is 0 Å². The van der Waals surface area contributed by atoms with E-state index in [1.165, 1.54) is 0 Å². The van der Waals surface area contributed by atoms with Gasteiger partial charge in [0.2, 0.25) is 0 Å². The van der Waals surface area contributed by atoms with E-state index in [-0.39, 0.29) is 21.7 Å². The monoisotopic (exact) mass is 479 g/mol. The largest absolute Gasteiger partial charge is 0.327 e. The Kier molecular flexibility index (Phi) is 5.63. The number of imidazole rings is 1. The molecular formula is C26H37N7S. The molecule has 0 unspecified atom stereocenters. The lowest BCUT2D eigenvalue weighted by molar-refractivity contribution is 0.410. The summed E-state index contributed by atoms with van der Waals surface area (Å²) < 4.78 is 3.24. The number of rotatable bonds is 3. The third kappa shape index (κ3) is 4.44. The van der Waals surface area contributed by atoms with Crippen LogP contribution in [0, 0.1) is 0 Å². The van der Waals surface area contributed by atoms with Crippen molar-refractivity contribution in [1.29, 1.82) is 0 Å². The molecule has 34 heavy (non-hydrogen) atoms. The highest BCUT2D eigenvalue weighted by Crippen LogP contribution is 2.35. The van der Waals surface area contributed by atoms with E-state index in [9.17, 15) is 0 Å². The van der Waals surface area contributed by atoms with Crippen LogP contribution in [0.15, 0.2) is 11.8 Å². The van der Waals surface area contributed by atoms with Gasteiger partial charge in [0.25, 0.3) is 0 Å². The third-order valence-corrected chi connectivity index (χ3v) is 6.75. The molecule has 0 aliphatic rings. The molecule has 0 aliphatic heterocycles. The Labute approximate surface area is 206 Å². The lowest BCUT2D eigenvalue weighted by Gasteiger charge is -2.28. The van der Waals surface area contributed by atoms with Crippen molar-refractivity contribution in [1.82, 2.24) is 34.5 Å². The van der Waals surface area contributed by atoms with Gasteiger partial charge in [0.1, 0.15) is 17.2 Å². The molecule has 0 saturated heterocycles. The van der Waals surface area contributed by atoms with E-state index in [1.54, 1.807) is 11.3 Å². The predicted molar refractivity (Wildman–Crippen MR) is 140 cm³/mol. The Balaban J connectivity index is 1.86. The molecule has 4 aromatic heterocycles. The van der Waals surface area contributed by atoms with Gasteiger partial charge in [-0.25, -0.2) is 29.9 Å². The van der Waals surface area contributed by atoms with Crippen molar-refractivity contribution in [3.63, 3.8) is 0 Å². The highest BCUT2D eigenvalue weighted by molar-refractivity contribution is 7.16. The molecule has 0 amide bonds. The molecule has 4 heterocycles. The van der Waals surface area contributed by atoms with Gasteiger partial charge in [-0.05, 0) is 0 Å². The van der Waals surface area contributed by atoms with Crippen LogP contribution in [0.2, 0.25) is 0 Å². The quantitative estimate of drug-likeness (QED) is 0.353. The van der Waals surface area contributed by atoms with Crippen molar-refractivity contribution in [3.8, 4) is 0 Å². The lowest BCUT2D eigenvalue weighted by atomic mass is 9.88. The van der Waals surface area contributed by atoms with Crippen LogP contribution >= 0.6 is 11.3 Å². The van der Waals surface area contributed by atoms with Gasteiger partial charge in [-0.15, -0.1) is 11.3 Å². The number of thiazole rings is 1. The van der Waals surface area contributed by atoms with Gasteiger partial charge in [0.15, 0.2) is 11.3 Å². The van der Waals surface area contributed by atoms with Gasteiger partial charge in [-0.1, -0.05) is 76.2 Å². The first-order valence-corrected chi connectivity index (χ1v) is 12.7. The zero-order valence-corrected chi connectivity index (χ0v) is 23.2. The standard InChI is InChI=1S/C26H37N7S/c1-23(2,3)17-15-19(31-21(29-17)25(7,8)9)27-13-33(15)12-26(10,11)22-30-18(24(4,5)6)16-20(32-22)28-14-34-16/h13-14H,12H2,1-11H3. The van der Waals surface area contributed by atoms with E-state index in [4.69, 9.17) is 24.9 Å². The molecule has 0 fully saturated rings. The van der Waals surface area contributed by atoms with Gasteiger partial charge in [-0.2, -0.15) is 0 Å². The Hall–Kier alpha value is -2.48. The Bertz CT molecular complexity index is 1360. The number of nitrogens with zero attached hydrogens (tertiary/aromatic N) is 7. The van der Waals surface area contributed by atoms with E-state index in [0.717, 1.165) is 44.5 Å². The molecule has 4 aromatic rings. The highest BCUT2D eigenvalue weighted by Gasteiger charge is 2.32. The number of fused-ring (bicyclic) bond motifs is 2. The zero-order valence-electron chi connectivity index (χ0n) is 22.4. The van der Waals surface area contributed by atoms with Crippen LogP contribution < -0.4 is 0 Å². The van der Waals surface area contributed by atoms with Crippen LogP contribution in [0.5, 0.6) is 0 Å². The average Bonchev–Trinajstić information content (AvgIpc) is 3.31. The summed E-state index contributed by atoms with van der Waals surface area (Å²) in [5.74, 6) is 1.61. The maximum absolute atomic E-state index is 5.09. The Morgan fingerprint density at radius 2 is 1.26 bits per heavy atom. The number of hydrogen-bond donors (Lipinski definition) is 0. The lowest BCUT2D eigenvalue weighted by Crippen LogP contribution is -2.29. The first-order valence-electron chi connectivity index (χ1n) is 11.8. The van der Waals surface area contributed by atoms with Gasteiger partial charge in [0, 0.05) is 28.2 Å². The minimum absolute atomic E-state index is 0.100. The maximum Gasteiger partial charge on any atom is 0.181 e. The fourth-order valence-corrected chi connectivity index (χ4v) is 4.95. The minimum Gasteiger partial charge on any atom is -0.327 e. The first kappa shape index (κ1) is 24.6. The first-order chi connectivity index (χ1) is 15.5. The summed E-state index contributed by atoms with van der Waals surface area (Å²) in [5.41, 5.74) is 5.65. The molecule has 0 atom stereocenters. The molecule has 0 aromatic carbocycles. The van der Waals surface area contributed by atoms with Crippen LogP contribution in [0.3, 0.4) is 0 Å². The fourth-order valence-electron chi connectivity index (χ4n) is 4.03. The number of hydrogen-bond acceptors (Lipinski definition) is 7. The van der Waals surface area contributed by atoms with E-state index >= 15 is 0 Å². The maximum atomic E-state index is 5.09. The molecule has 0 aliphatic carbocycles. The van der Waals surface area contributed by atoms with Crippen molar-refractivity contribution >= 4 is 32.8 Å². The van der Waals surface area contributed by atoms with Crippen LogP contribution in [-0.2, 0) is 28.2 Å². The summed E-state index contributed by atoms with van der Waals surface area (Å²) in [6.07, 6.45) is 1.88. The summed E-state index contributed by atoms with van der Waals surface area (Å²) >= 11 is 1.61. The molecule has 0 saturated carbocycles. The average molecular weight is 480 g/mol. The van der Waals surface area contributed by atoms with Crippen molar-refractivity contribution in [2.24, 2.45) is 0 Å². The zero-order chi connectivity index (χ0) is 25.3. The van der Waals surface area contributed by atoms with Crippen LogP contribution in [0.4, 0.5) is 0 Å². The van der Waals surface area contributed by atoms with Crippen LogP contribution in [0.25, 0.3) is 21.5 Å². The molecule has 0 N–H and O–H groups in total. The summed E-state index contributed by atoms with van der Waals surface area (Å²) in [6.45, 7) is 24.6. The SMILES string of the molecule is CC(C)(C)c1nc(C(C)(C)C)c2c(ncn2CC(C)(C)c2nc(C(C)(C)C)c3scnc3n2)n1.